The maximum Gasteiger partial charge on any atom is 0.284 e. The number of halogens is 2. The highest BCUT2D eigenvalue weighted by Crippen LogP contribution is 2.54. The Bertz CT molecular complexity index is 2120. The minimum absolute atomic E-state index is 0.00941. The van der Waals surface area contributed by atoms with Crippen LogP contribution in [0.3, 0.4) is 0 Å². The number of piperidine rings is 2. The lowest BCUT2D eigenvalue weighted by atomic mass is 9.77. The van der Waals surface area contributed by atoms with E-state index in [1.807, 2.05) is 31.1 Å². The van der Waals surface area contributed by atoms with E-state index in [9.17, 15) is 28.8 Å². The van der Waals surface area contributed by atoms with Gasteiger partial charge < -0.3 is 29.5 Å². The number of nitrogens with one attached hydrogen (secondary N) is 2. The van der Waals surface area contributed by atoms with E-state index >= 15 is 8.78 Å². The first kappa shape index (κ1) is 39.0. The van der Waals surface area contributed by atoms with Gasteiger partial charge in [-0.05, 0) is 81.4 Å². The zero-order valence-electron chi connectivity index (χ0n) is 31.7. The molecule has 0 radical (unpaired) electrons. The zero-order chi connectivity index (χ0) is 40.4. The van der Waals surface area contributed by atoms with Gasteiger partial charge in [-0.25, -0.2) is 8.78 Å². The maximum atomic E-state index is 15.9. The van der Waals surface area contributed by atoms with Crippen LogP contribution in [-0.4, -0.2) is 122 Å². The monoisotopic (exact) mass is 792 g/mol. The van der Waals surface area contributed by atoms with E-state index in [0.717, 1.165) is 33.4 Å². The number of methoxy groups -OCH3 is 2. The van der Waals surface area contributed by atoms with Gasteiger partial charge in [0.1, 0.15) is 17.5 Å². The van der Waals surface area contributed by atoms with Gasteiger partial charge in [-0.15, -0.1) is 11.8 Å². The lowest BCUT2D eigenvalue weighted by molar-refractivity contribution is -0.136. The van der Waals surface area contributed by atoms with Crippen molar-refractivity contribution in [3.63, 3.8) is 0 Å². The van der Waals surface area contributed by atoms with E-state index in [2.05, 4.69) is 10.6 Å². The summed E-state index contributed by atoms with van der Waals surface area (Å²) in [4.78, 5) is 83.7. The molecule has 2 fully saturated rings. The van der Waals surface area contributed by atoms with Crippen LogP contribution in [0.2, 0.25) is 0 Å². The van der Waals surface area contributed by atoms with Gasteiger partial charge in [-0.3, -0.25) is 39.0 Å². The average molecular weight is 793 g/mol. The first-order valence-corrected chi connectivity index (χ1v) is 18.9. The lowest BCUT2D eigenvalue weighted by Crippen LogP contribution is -2.58. The molecule has 0 aromatic heterocycles. The number of rotatable bonds is 9. The molecule has 56 heavy (non-hydrogen) atoms. The Kier molecular flexibility index (Phi) is 9.97. The number of ether oxygens (including phenoxy) is 2. The Morgan fingerprint density at radius 3 is 2.32 bits per heavy atom. The number of benzene rings is 2. The molecule has 7 rings (SSSR count). The number of thioether (sulfide) groups is 1. The molecule has 0 spiro atoms. The summed E-state index contributed by atoms with van der Waals surface area (Å²) >= 11 is 1.14. The normalized spacial score (nSPS) is 25.8. The van der Waals surface area contributed by atoms with E-state index in [4.69, 9.17) is 9.47 Å². The molecule has 14 nitrogen and oxygen atoms in total. The van der Waals surface area contributed by atoms with Crippen molar-refractivity contribution in [2.75, 3.05) is 53.4 Å². The molecular formula is C39H42F2N6O8S. The summed E-state index contributed by atoms with van der Waals surface area (Å²) in [6, 6.07) is 5.25. The minimum Gasteiger partial charge on any atom is -0.496 e. The molecule has 5 aliphatic heterocycles. The SMILES string of the molecule is COc1cc(C2=CN(C)C(=O)C3(C)C=C(C(=O)NC4CCN(c5ccc6c(c5)C(=O)N(C5CCC(=O)NC5=O)C6=O)CC4(F)F)SC23)cc(OC)c1CN(C)C. The zero-order valence-corrected chi connectivity index (χ0v) is 32.6. The van der Waals surface area contributed by atoms with Crippen molar-refractivity contribution in [3.05, 3.63) is 69.8 Å². The van der Waals surface area contributed by atoms with Crippen LogP contribution in [0.1, 0.15) is 58.0 Å². The number of hydrogen-bond donors (Lipinski definition) is 2. The van der Waals surface area contributed by atoms with Crippen LogP contribution in [0.25, 0.3) is 5.57 Å². The fourth-order valence-electron chi connectivity index (χ4n) is 8.10. The molecule has 17 heteroatoms. The summed E-state index contributed by atoms with van der Waals surface area (Å²) < 4.78 is 43.3. The summed E-state index contributed by atoms with van der Waals surface area (Å²) in [7, 11) is 8.62. The van der Waals surface area contributed by atoms with Gasteiger partial charge in [0.05, 0.1) is 59.1 Å². The summed E-state index contributed by atoms with van der Waals surface area (Å²) in [5.74, 6) is -5.88. The first-order valence-electron chi connectivity index (χ1n) is 18.0. The average Bonchev–Trinajstić information content (AvgIpc) is 3.64. The Morgan fingerprint density at radius 1 is 1.02 bits per heavy atom. The molecule has 4 unspecified atom stereocenters. The smallest absolute Gasteiger partial charge is 0.284 e. The van der Waals surface area contributed by atoms with Crippen molar-refractivity contribution < 1.29 is 47.0 Å². The molecular weight excluding hydrogens is 751 g/mol. The molecule has 4 atom stereocenters. The second kappa shape index (κ2) is 14.3. The van der Waals surface area contributed by atoms with Gasteiger partial charge in [0.15, 0.2) is 0 Å². The molecule has 0 aliphatic carbocycles. The fraction of sp³-hybridized carbons (Fsp3) is 0.436. The Hall–Kier alpha value is -5.29. The number of carbonyl (C=O) groups is 6. The summed E-state index contributed by atoms with van der Waals surface area (Å²) in [5, 5.41) is 4.13. The van der Waals surface area contributed by atoms with Gasteiger partial charge in [0.25, 0.3) is 23.6 Å². The highest BCUT2D eigenvalue weighted by molar-refractivity contribution is 8.05. The summed E-state index contributed by atoms with van der Waals surface area (Å²) in [5.41, 5.74) is 1.43. The Morgan fingerprint density at radius 2 is 1.70 bits per heavy atom. The van der Waals surface area contributed by atoms with E-state index in [1.54, 1.807) is 40.5 Å². The molecule has 5 aliphatic rings. The fourth-order valence-corrected chi connectivity index (χ4v) is 9.57. The molecule has 2 aromatic rings. The van der Waals surface area contributed by atoms with Crippen molar-refractivity contribution in [2.24, 2.45) is 5.41 Å². The van der Waals surface area contributed by atoms with Crippen LogP contribution < -0.4 is 25.0 Å². The largest absolute Gasteiger partial charge is 0.496 e. The number of imide groups is 2. The second-order valence-corrected chi connectivity index (χ2v) is 16.2. The van der Waals surface area contributed by atoms with Gasteiger partial charge in [-0.2, -0.15) is 0 Å². The molecule has 2 saturated heterocycles. The number of fused-ring (bicyclic) bond motifs is 2. The van der Waals surface area contributed by atoms with E-state index < -0.39 is 64.8 Å². The number of anilines is 1. The Balaban J connectivity index is 1.06. The third-order valence-electron chi connectivity index (χ3n) is 10.9. The second-order valence-electron chi connectivity index (χ2n) is 15.1. The van der Waals surface area contributed by atoms with Crippen molar-refractivity contribution in [2.45, 2.75) is 56.0 Å². The van der Waals surface area contributed by atoms with E-state index in [0.29, 0.717) is 18.0 Å². The number of carbonyl (C=O) groups excluding carboxylic acids is 6. The van der Waals surface area contributed by atoms with Crippen LogP contribution >= 0.6 is 11.8 Å². The summed E-state index contributed by atoms with van der Waals surface area (Å²) in [6.45, 7) is 1.59. The van der Waals surface area contributed by atoms with Crippen LogP contribution in [0.5, 0.6) is 11.5 Å². The van der Waals surface area contributed by atoms with E-state index in [1.165, 1.54) is 28.0 Å². The van der Waals surface area contributed by atoms with Crippen molar-refractivity contribution >= 4 is 58.5 Å². The minimum atomic E-state index is -3.41. The first-order chi connectivity index (χ1) is 26.5. The van der Waals surface area contributed by atoms with Crippen LogP contribution in [0, 0.1) is 5.41 Å². The molecule has 2 aromatic carbocycles. The van der Waals surface area contributed by atoms with Gasteiger partial charge >= 0.3 is 0 Å². The van der Waals surface area contributed by atoms with Crippen LogP contribution in [0.15, 0.2) is 47.5 Å². The number of nitrogens with zero attached hydrogens (tertiary/aromatic N) is 4. The van der Waals surface area contributed by atoms with Crippen molar-refractivity contribution in [1.29, 1.82) is 0 Å². The molecule has 0 bridgehead atoms. The van der Waals surface area contributed by atoms with Gasteiger partial charge in [0, 0.05) is 38.4 Å². The topological polar surface area (TPSA) is 158 Å². The molecule has 6 amide bonds. The number of hydrogen-bond acceptors (Lipinski definition) is 11. The quantitative estimate of drug-likeness (QED) is 0.360. The molecule has 0 saturated carbocycles. The number of alkyl halides is 2. The van der Waals surface area contributed by atoms with Gasteiger partial charge in [0.2, 0.25) is 17.7 Å². The van der Waals surface area contributed by atoms with E-state index in [-0.39, 0.29) is 53.4 Å². The standard InChI is InChI=1S/C39H42F2N6O8S/c1-38-16-29(56-32(38)24(18-45(4)37(38)53)20-13-27(54-5)25(17-44(2)3)28(14-20)55-6)34(50)42-30-11-12-46(19-39(30,40)41)21-7-8-22-23(15-21)36(52)47(35(22)51)26-9-10-31(48)43-33(26)49/h7-8,13-16,18,26,30,32H,9-12,17,19H2,1-6H3,(H,42,50)(H,43,48,49). The van der Waals surface area contributed by atoms with Gasteiger partial charge in [-0.1, -0.05) is 0 Å². The predicted molar refractivity (Wildman–Crippen MR) is 202 cm³/mol. The Labute approximate surface area is 326 Å². The van der Waals surface area contributed by atoms with Crippen LogP contribution in [-0.2, 0) is 25.7 Å². The van der Waals surface area contributed by atoms with Crippen LogP contribution in [0.4, 0.5) is 14.5 Å². The summed E-state index contributed by atoms with van der Waals surface area (Å²) in [6.07, 6.45) is 3.10. The van der Waals surface area contributed by atoms with Crippen molar-refractivity contribution in [1.82, 2.24) is 25.3 Å². The highest BCUT2D eigenvalue weighted by Gasteiger charge is 2.53. The predicted octanol–water partition coefficient (Wildman–Crippen LogP) is 3.02. The highest BCUT2D eigenvalue weighted by atomic mass is 32.2. The van der Waals surface area contributed by atoms with Crippen molar-refractivity contribution in [3.8, 4) is 11.5 Å². The lowest BCUT2D eigenvalue weighted by Gasteiger charge is -2.40. The molecule has 5 heterocycles. The third kappa shape index (κ3) is 6.59. The third-order valence-corrected chi connectivity index (χ3v) is 12.5. The molecule has 2 N–H and O–H groups in total. The molecule has 296 valence electrons. The maximum absolute atomic E-state index is 15.9. The number of amides is 6.